The van der Waals surface area contributed by atoms with E-state index in [1.165, 1.54) is 11.3 Å². The number of likely N-dealkylation sites (tertiary alicyclic amines) is 1. The standard InChI is InChI=1S/C14H17N3OS/c1-9-3-6-17(7-4-9)14(18)13-12(15)10-2-5-16-8-11(10)19-13/h2,5,8-9H,3-4,6-7,15H2,1H3. The predicted molar refractivity (Wildman–Crippen MR) is 78.3 cm³/mol. The second kappa shape index (κ2) is 4.81. The highest BCUT2D eigenvalue weighted by atomic mass is 32.1. The molecule has 0 aromatic carbocycles. The number of aromatic nitrogens is 1. The number of carbonyl (C=O) groups excluding carboxylic acids is 1. The number of anilines is 1. The first-order valence-electron chi connectivity index (χ1n) is 6.58. The third-order valence-corrected chi connectivity index (χ3v) is 4.94. The Morgan fingerprint density at radius 3 is 2.89 bits per heavy atom. The molecule has 5 heteroatoms. The quantitative estimate of drug-likeness (QED) is 0.870. The van der Waals surface area contributed by atoms with Crippen molar-refractivity contribution in [1.82, 2.24) is 9.88 Å². The summed E-state index contributed by atoms with van der Waals surface area (Å²) in [6.07, 6.45) is 5.64. The van der Waals surface area contributed by atoms with Crippen LogP contribution < -0.4 is 5.73 Å². The van der Waals surface area contributed by atoms with E-state index in [4.69, 9.17) is 5.73 Å². The first-order chi connectivity index (χ1) is 9.16. The van der Waals surface area contributed by atoms with Crippen molar-refractivity contribution in [1.29, 1.82) is 0 Å². The molecule has 0 unspecified atom stereocenters. The lowest BCUT2D eigenvalue weighted by Gasteiger charge is -2.30. The molecule has 1 saturated heterocycles. The monoisotopic (exact) mass is 275 g/mol. The van der Waals surface area contributed by atoms with Crippen molar-refractivity contribution in [3.8, 4) is 0 Å². The Labute approximate surface area is 116 Å². The maximum Gasteiger partial charge on any atom is 0.266 e. The number of pyridine rings is 1. The van der Waals surface area contributed by atoms with Gasteiger partial charge in [-0.15, -0.1) is 11.3 Å². The lowest BCUT2D eigenvalue weighted by atomic mass is 9.99. The normalized spacial score (nSPS) is 17.0. The molecule has 0 spiro atoms. The van der Waals surface area contributed by atoms with E-state index in [1.807, 2.05) is 11.0 Å². The number of nitrogen functional groups attached to an aromatic ring is 1. The van der Waals surface area contributed by atoms with Crippen LogP contribution in [0, 0.1) is 5.92 Å². The maximum atomic E-state index is 12.5. The molecule has 2 N–H and O–H groups in total. The third kappa shape index (κ3) is 2.18. The van der Waals surface area contributed by atoms with Crippen LogP contribution in [-0.4, -0.2) is 28.9 Å². The highest BCUT2D eigenvalue weighted by Gasteiger charge is 2.25. The molecule has 1 aliphatic heterocycles. The van der Waals surface area contributed by atoms with E-state index in [0.29, 0.717) is 16.5 Å². The van der Waals surface area contributed by atoms with Gasteiger partial charge in [-0.25, -0.2) is 0 Å². The molecule has 0 bridgehead atoms. The molecule has 3 rings (SSSR count). The number of amides is 1. The highest BCUT2D eigenvalue weighted by molar-refractivity contribution is 7.21. The van der Waals surface area contributed by atoms with Crippen molar-refractivity contribution < 1.29 is 4.79 Å². The fourth-order valence-electron chi connectivity index (χ4n) is 2.49. The number of hydrogen-bond donors (Lipinski definition) is 1. The molecule has 0 atom stereocenters. The van der Waals surface area contributed by atoms with Gasteiger partial charge in [-0.05, 0) is 24.8 Å². The average molecular weight is 275 g/mol. The third-order valence-electron chi connectivity index (χ3n) is 3.80. The van der Waals surface area contributed by atoms with Gasteiger partial charge < -0.3 is 10.6 Å². The summed E-state index contributed by atoms with van der Waals surface area (Å²) in [4.78, 5) is 19.2. The molecule has 19 heavy (non-hydrogen) atoms. The number of carbonyl (C=O) groups is 1. The summed E-state index contributed by atoms with van der Waals surface area (Å²) in [5, 5.41) is 0.939. The summed E-state index contributed by atoms with van der Waals surface area (Å²) in [7, 11) is 0. The van der Waals surface area contributed by atoms with Crippen LogP contribution in [-0.2, 0) is 0 Å². The van der Waals surface area contributed by atoms with E-state index in [2.05, 4.69) is 11.9 Å². The number of hydrogen-bond acceptors (Lipinski definition) is 4. The smallest absolute Gasteiger partial charge is 0.266 e. The van der Waals surface area contributed by atoms with Crippen molar-refractivity contribution in [3.05, 3.63) is 23.3 Å². The zero-order valence-corrected chi connectivity index (χ0v) is 11.7. The van der Waals surface area contributed by atoms with Crippen LogP contribution in [0.1, 0.15) is 29.4 Å². The van der Waals surface area contributed by atoms with Crippen LogP contribution >= 0.6 is 11.3 Å². The van der Waals surface area contributed by atoms with Crippen LogP contribution in [0.3, 0.4) is 0 Å². The number of rotatable bonds is 1. The fourth-order valence-corrected chi connectivity index (χ4v) is 3.54. The number of nitrogens with zero attached hydrogens (tertiary/aromatic N) is 2. The van der Waals surface area contributed by atoms with Crippen LogP contribution in [0.2, 0.25) is 0 Å². The molecule has 2 aromatic heterocycles. The number of nitrogens with two attached hydrogens (primary N) is 1. The molecule has 1 amide bonds. The SMILES string of the molecule is CC1CCN(C(=O)c2sc3cnccc3c2N)CC1. The number of piperidine rings is 1. The molecule has 2 aromatic rings. The largest absolute Gasteiger partial charge is 0.397 e. The molecular formula is C14H17N3OS. The number of fused-ring (bicyclic) bond motifs is 1. The topological polar surface area (TPSA) is 59.2 Å². The van der Waals surface area contributed by atoms with Gasteiger partial charge in [-0.1, -0.05) is 6.92 Å². The van der Waals surface area contributed by atoms with Crippen molar-refractivity contribution >= 4 is 33.0 Å². The zero-order chi connectivity index (χ0) is 13.4. The van der Waals surface area contributed by atoms with Gasteiger partial charge in [0.15, 0.2) is 0 Å². The second-order valence-corrected chi connectivity index (χ2v) is 6.24. The number of thiophene rings is 1. The van der Waals surface area contributed by atoms with Gasteiger partial charge in [-0.3, -0.25) is 9.78 Å². The van der Waals surface area contributed by atoms with Crippen molar-refractivity contribution in [3.63, 3.8) is 0 Å². The Kier molecular flexibility index (Phi) is 3.14. The Hall–Kier alpha value is -1.62. The first kappa shape index (κ1) is 12.4. The lowest BCUT2D eigenvalue weighted by Crippen LogP contribution is -2.37. The van der Waals surface area contributed by atoms with Crippen molar-refractivity contribution in [2.75, 3.05) is 18.8 Å². The Morgan fingerprint density at radius 1 is 1.47 bits per heavy atom. The summed E-state index contributed by atoms with van der Waals surface area (Å²) in [6.45, 7) is 3.92. The molecule has 4 nitrogen and oxygen atoms in total. The van der Waals surface area contributed by atoms with Gasteiger partial charge >= 0.3 is 0 Å². The van der Waals surface area contributed by atoms with E-state index in [1.54, 1.807) is 12.4 Å². The highest BCUT2D eigenvalue weighted by Crippen LogP contribution is 2.34. The van der Waals surface area contributed by atoms with Gasteiger partial charge in [0.1, 0.15) is 4.88 Å². The summed E-state index contributed by atoms with van der Waals surface area (Å²) in [5.74, 6) is 0.790. The molecule has 3 heterocycles. The Morgan fingerprint density at radius 2 is 2.21 bits per heavy atom. The minimum Gasteiger partial charge on any atom is -0.397 e. The van der Waals surface area contributed by atoms with Crippen LogP contribution in [0.4, 0.5) is 5.69 Å². The molecular weight excluding hydrogens is 258 g/mol. The van der Waals surface area contributed by atoms with Crippen LogP contribution in [0.5, 0.6) is 0 Å². The van der Waals surface area contributed by atoms with E-state index >= 15 is 0 Å². The van der Waals surface area contributed by atoms with Gasteiger partial charge in [0.05, 0.1) is 10.4 Å². The molecule has 1 aliphatic rings. The molecule has 1 fully saturated rings. The van der Waals surface area contributed by atoms with Crippen molar-refractivity contribution in [2.45, 2.75) is 19.8 Å². The predicted octanol–water partition coefficient (Wildman–Crippen LogP) is 2.75. The fraction of sp³-hybridized carbons (Fsp3) is 0.429. The summed E-state index contributed by atoms with van der Waals surface area (Å²) < 4.78 is 0.980. The van der Waals surface area contributed by atoms with Gasteiger partial charge in [0.25, 0.3) is 5.91 Å². The van der Waals surface area contributed by atoms with E-state index in [-0.39, 0.29) is 5.91 Å². The van der Waals surface area contributed by atoms with E-state index in [0.717, 1.165) is 36.0 Å². The van der Waals surface area contributed by atoms with Crippen molar-refractivity contribution in [2.24, 2.45) is 5.92 Å². The molecule has 0 radical (unpaired) electrons. The van der Waals surface area contributed by atoms with Gasteiger partial charge in [0.2, 0.25) is 0 Å². The van der Waals surface area contributed by atoms with Gasteiger partial charge in [-0.2, -0.15) is 0 Å². The lowest BCUT2D eigenvalue weighted by molar-refractivity contribution is 0.0703. The Bertz CT molecular complexity index is 614. The molecule has 100 valence electrons. The minimum absolute atomic E-state index is 0.0746. The van der Waals surface area contributed by atoms with E-state index < -0.39 is 0 Å². The maximum absolute atomic E-state index is 12.5. The second-order valence-electron chi connectivity index (χ2n) is 5.19. The molecule has 0 aliphatic carbocycles. The average Bonchev–Trinajstić information content (AvgIpc) is 2.77. The van der Waals surface area contributed by atoms with Crippen LogP contribution in [0.15, 0.2) is 18.5 Å². The van der Waals surface area contributed by atoms with Crippen LogP contribution in [0.25, 0.3) is 10.1 Å². The Balaban J connectivity index is 1.91. The molecule has 0 saturated carbocycles. The summed E-state index contributed by atoms with van der Waals surface area (Å²) in [6, 6.07) is 1.87. The van der Waals surface area contributed by atoms with Gasteiger partial charge in [0, 0.05) is 30.9 Å². The summed E-state index contributed by atoms with van der Waals surface area (Å²) >= 11 is 1.45. The minimum atomic E-state index is 0.0746. The first-order valence-corrected chi connectivity index (χ1v) is 7.39. The summed E-state index contributed by atoms with van der Waals surface area (Å²) in [5.41, 5.74) is 6.71. The zero-order valence-electron chi connectivity index (χ0n) is 10.9. The van der Waals surface area contributed by atoms with E-state index in [9.17, 15) is 4.79 Å².